The number of amides is 4. The molecule has 0 aromatic carbocycles. The van der Waals surface area contributed by atoms with Crippen LogP contribution in [0.3, 0.4) is 0 Å². The Morgan fingerprint density at radius 2 is 1.07 bits per heavy atom. The molecule has 0 aromatic rings. The van der Waals surface area contributed by atoms with E-state index in [0.717, 1.165) is 9.80 Å². The molecule has 44 heavy (non-hydrogen) atoms. The Bertz CT molecular complexity index is 1380. The van der Waals surface area contributed by atoms with Gasteiger partial charge < -0.3 is 9.47 Å². The second-order valence-corrected chi connectivity index (χ2v) is 12.4. The van der Waals surface area contributed by atoms with E-state index in [-0.39, 0.29) is 36.7 Å². The van der Waals surface area contributed by atoms with Gasteiger partial charge >= 0.3 is 28.2 Å². The lowest BCUT2D eigenvalue weighted by molar-refractivity contribution is -0.164. The van der Waals surface area contributed by atoms with Crippen molar-refractivity contribution in [3.8, 4) is 0 Å². The maximum atomic E-state index is 12.7. The monoisotopic (exact) mass is 635 g/mol. The quantitative estimate of drug-likeness (QED) is 0.0891. The zero-order valence-electron chi connectivity index (χ0n) is 23.8. The summed E-state index contributed by atoms with van der Waals surface area (Å²) in [5.41, 5.74) is 0. The van der Waals surface area contributed by atoms with Gasteiger partial charge in [0, 0.05) is 43.8 Å². The summed E-state index contributed by atoms with van der Waals surface area (Å²) in [6.07, 6.45) is 7.25. The Morgan fingerprint density at radius 3 is 1.45 bits per heavy atom. The number of rotatable bonds is 10. The van der Waals surface area contributed by atoms with Crippen LogP contribution in [0.1, 0.15) is 64.2 Å². The first-order valence-electron chi connectivity index (χ1n) is 14.4. The van der Waals surface area contributed by atoms with Crippen molar-refractivity contribution in [1.29, 1.82) is 0 Å². The van der Waals surface area contributed by atoms with E-state index < -0.39 is 70.6 Å². The third kappa shape index (κ3) is 8.98. The Hall–Kier alpha value is -4.05. The summed E-state index contributed by atoms with van der Waals surface area (Å²) in [5.74, 6) is -6.05. The third-order valence-corrected chi connectivity index (χ3v) is 8.67. The number of nitrogens with zero attached hydrogens (tertiary/aromatic N) is 3. The molecular weight excluding hydrogens is 602 g/mol. The highest BCUT2D eigenvalue weighted by molar-refractivity contribution is 7.84. The van der Waals surface area contributed by atoms with E-state index in [4.69, 9.17) is 14.0 Å². The van der Waals surface area contributed by atoms with Crippen LogP contribution in [0.15, 0.2) is 28.7 Å². The number of imide groups is 2. The predicted molar refractivity (Wildman–Crippen MR) is 148 cm³/mol. The maximum Gasteiger partial charge on any atom is 0.381 e. The molecule has 1 N–H and O–H groups in total. The van der Waals surface area contributed by atoms with Crippen molar-refractivity contribution in [3.05, 3.63) is 24.3 Å². The first kappa shape index (κ1) is 32.9. The van der Waals surface area contributed by atoms with E-state index >= 15 is 0 Å². The van der Waals surface area contributed by atoms with Crippen LogP contribution in [0.25, 0.3) is 0 Å². The normalized spacial score (nSPS) is 26.0. The van der Waals surface area contributed by atoms with Crippen LogP contribution < -0.4 is 0 Å². The zero-order chi connectivity index (χ0) is 32.0. The zero-order valence-corrected chi connectivity index (χ0v) is 24.6. The molecule has 2 fully saturated rings. The Kier molecular flexibility index (Phi) is 10.6. The minimum absolute atomic E-state index is 0.0160. The Labute approximate surface area is 253 Å². The highest BCUT2D eigenvalue weighted by Gasteiger charge is 2.34. The van der Waals surface area contributed by atoms with Crippen molar-refractivity contribution in [1.82, 2.24) is 9.80 Å². The molecule has 4 amide bonds. The van der Waals surface area contributed by atoms with Crippen molar-refractivity contribution in [2.75, 3.05) is 13.1 Å². The molecule has 4 aliphatic rings. The number of hydrogen-bond acceptors (Lipinski definition) is 11. The third-order valence-electron chi connectivity index (χ3n) is 8.24. The van der Waals surface area contributed by atoms with Crippen LogP contribution in [0.5, 0.6) is 0 Å². The highest BCUT2D eigenvalue weighted by Crippen LogP contribution is 2.32. The summed E-state index contributed by atoms with van der Waals surface area (Å²) in [7, 11) is -4.97. The number of carbonyl (C=O) groups is 7. The van der Waals surface area contributed by atoms with E-state index in [9.17, 15) is 42.0 Å². The molecule has 2 aliphatic carbocycles. The number of carbonyl (C=O) groups excluding carboxylic acids is 7. The molecule has 2 aliphatic heterocycles. The van der Waals surface area contributed by atoms with E-state index in [1.807, 2.05) is 0 Å². The smallest absolute Gasteiger partial charge is 0.381 e. The van der Waals surface area contributed by atoms with Gasteiger partial charge in [0.2, 0.25) is 5.90 Å². The summed E-state index contributed by atoms with van der Waals surface area (Å²) < 4.78 is 44.9. The van der Waals surface area contributed by atoms with Crippen LogP contribution in [-0.2, 0) is 53.3 Å². The summed E-state index contributed by atoms with van der Waals surface area (Å²) in [6, 6.07) is 0. The van der Waals surface area contributed by atoms with Gasteiger partial charge in [-0.15, -0.1) is 4.40 Å². The van der Waals surface area contributed by atoms with Gasteiger partial charge in [0.1, 0.15) is 0 Å². The lowest BCUT2D eigenvalue weighted by Gasteiger charge is -2.29. The van der Waals surface area contributed by atoms with Gasteiger partial charge in [-0.05, 0) is 63.2 Å². The van der Waals surface area contributed by atoms with Gasteiger partial charge in [0.25, 0.3) is 23.6 Å². The molecule has 15 nitrogen and oxygen atoms in total. The van der Waals surface area contributed by atoms with Gasteiger partial charge in [-0.2, -0.15) is 8.42 Å². The first-order chi connectivity index (χ1) is 20.8. The summed E-state index contributed by atoms with van der Waals surface area (Å²) >= 11 is 0. The van der Waals surface area contributed by atoms with Gasteiger partial charge in [-0.3, -0.25) is 47.9 Å². The molecule has 2 saturated carbocycles. The van der Waals surface area contributed by atoms with E-state index in [1.165, 1.54) is 24.3 Å². The topological polar surface area (TPSA) is 211 Å². The van der Waals surface area contributed by atoms with Crippen molar-refractivity contribution >= 4 is 57.7 Å². The Morgan fingerprint density at radius 1 is 0.682 bits per heavy atom. The molecule has 4 rings (SSSR count). The van der Waals surface area contributed by atoms with Crippen LogP contribution in [-0.4, -0.2) is 83.3 Å². The van der Waals surface area contributed by atoms with Gasteiger partial charge in [0.15, 0.2) is 0 Å². The molecule has 238 valence electrons. The van der Waals surface area contributed by atoms with Crippen LogP contribution in [0.2, 0.25) is 0 Å². The molecule has 0 atom stereocenters. The molecule has 16 heteroatoms. The number of ether oxygens (including phenoxy) is 2. The van der Waals surface area contributed by atoms with Crippen LogP contribution >= 0.6 is 0 Å². The second-order valence-electron chi connectivity index (χ2n) is 11.3. The molecule has 0 saturated heterocycles. The van der Waals surface area contributed by atoms with Crippen LogP contribution in [0.4, 0.5) is 0 Å². The van der Waals surface area contributed by atoms with Gasteiger partial charge in [-0.1, -0.05) is 0 Å². The molecule has 0 bridgehead atoms. The van der Waals surface area contributed by atoms with Crippen LogP contribution in [0, 0.1) is 23.7 Å². The van der Waals surface area contributed by atoms with E-state index in [2.05, 4.69) is 4.40 Å². The molecule has 0 radical (unpaired) electrons. The molecule has 2 heterocycles. The highest BCUT2D eigenvalue weighted by atomic mass is 32.2. The van der Waals surface area contributed by atoms with E-state index in [1.54, 1.807) is 0 Å². The van der Waals surface area contributed by atoms with Crippen molar-refractivity contribution in [2.45, 2.75) is 64.2 Å². The predicted octanol–water partition coefficient (Wildman–Crippen LogP) is 1.04. The molecular formula is C28H33N3O12S. The standard InChI is InChI=1S/C28H33N3O12S/c32-22-10-11-23(33)30(22)15-17-1-5-19(6-2-17)27(37)42-21(29-44(39,40)41)9-14-26(36)43-28(38)20-7-3-18(4-8-20)16-31-24(34)12-13-25(31)35/h10-13,17-20H,1-9,14-16H2,(H,39,40,41). The largest absolute Gasteiger partial charge is 0.410 e. The van der Waals surface area contributed by atoms with Gasteiger partial charge in [-0.25, -0.2) is 0 Å². The number of hydrogen-bond donors (Lipinski definition) is 1. The lowest BCUT2D eigenvalue weighted by atomic mass is 9.82. The summed E-state index contributed by atoms with van der Waals surface area (Å²) in [6.45, 7) is 0.474. The van der Waals surface area contributed by atoms with Gasteiger partial charge in [0.05, 0.1) is 18.3 Å². The average molecular weight is 636 g/mol. The molecule has 0 unspecified atom stereocenters. The maximum absolute atomic E-state index is 12.7. The minimum Gasteiger partial charge on any atom is -0.410 e. The fourth-order valence-electron chi connectivity index (χ4n) is 5.80. The fourth-order valence-corrected chi connectivity index (χ4v) is 6.18. The first-order valence-corrected chi connectivity index (χ1v) is 15.8. The second kappa shape index (κ2) is 14.2. The minimum atomic E-state index is -4.97. The van der Waals surface area contributed by atoms with E-state index in [0.29, 0.717) is 51.4 Å². The fraction of sp³-hybridized carbons (Fsp3) is 0.571. The molecule has 0 spiro atoms. The van der Waals surface area contributed by atoms with Crippen molar-refractivity contribution in [3.63, 3.8) is 0 Å². The summed E-state index contributed by atoms with van der Waals surface area (Å²) in [5, 5.41) is 0. The SMILES string of the molecule is O=C(CCC(=NS(=O)(=O)O)OC(=O)C1CCC(CN2C(=O)C=CC2=O)CC1)OC(=O)C1CCC(CN2C(=O)C=CC2=O)CC1. The number of esters is 3. The lowest BCUT2D eigenvalue weighted by Crippen LogP contribution is -2.37. The molecule has 0 aromatic heterocycles. The Balaban J connectivity index is 1.20. The van der Waals surface area contributed by atoms with Crippen molar-refractivity contribution in [2.24, 2.45) is 28.1 Å². The average Bonchev–Trinajstić information content (AvgIpc) is 3.46. The summed E-state index contributed by atoms with van der Waals surface area (Å²) in [4.78, 5) is 87.0. The van der Waals surface area contributed by atoms with Crippen molar-refractivity contribution < 1.29 is 56.0 Å².